The molecule has 4 N–H and O–H groups in total. The molecule has 0 radical (unpaired) electrons. The van der Waals surface area contributed by atoms with Gasteiger partial charge in [-0.2, -0.15) is 0 Å². The van der Waals surface area contributed by atoms with Gasteiger partial charge in [0.05, 0.1) is 5.70 Å². The Hall–Kier alpha value is -5.00. The number of hydrogen-bond donors (Lipinski definition) is 3. The van der Waals surface area contributed by atoms with Crippen molar-refractivity contribution in [3.63, 3.8) is 0 Å². The van der Waals surface area contributed by atoms with Crippen LogP contribution < -0.4 is 16.6 Å². The minimum atomic E-state index is -0.333. The number of rotatable bonds is 6. The van der Waals surface area contributed by atoms with Gasteiger partial charge in [0.15, 0.2) is 6.17 Å². The average Bonchev–Trinajstić information content (AvgIpc) is 3.02. The molecular formula is C34H29N5. The third-order valence-corrected chi connectivity index (χ3v) is 7.01. The van der Waals surface area contributed by atoms with Crippen LogP contribution in [-0.4, -0.2) is 11.7 Å². The zero-order valence-electron chi connectivity index (χ0n) is 21.7. The Labute approximate surface area is 228 Å². The maximum atomic E-state index is 5.68. The van der Waals surface area contributed by atoms with Crippen LogP contribution in [0.4, 0.5) is 0 Å². The van der Waals surface area contributed by atoms with E-state index >= 15 is 0 Å². The Balaban J connectivity index is 1.45. The third kappa shape index (κ3) is 4.83. The lowest BCUT2D eigenvalue weighted by Gasteiger charge is -2.23. The number of benzene rings is 5. The summed E-state index contributed by atoms with van der Waals surface area (Å²) in [7, 11) is 0. The summed E-state index contributed by atoms with van der Waals surface area (Å²) in [6.07, 6.45) is 1.63. The summed E-state index contributed by atoms with van der Waals surface area (Å²) in [5.74, 6) is 7.30. The molecule has 0 saturated carbocycles. The van der Waals surface area contributed by atoms with Crippen LogP contribution in [0, 0.1) is 0 Å². The number of hydrazine groups is 1. The van der Waals surface area contributed by atoms with Crippen molar-refractivity contribution < 1.29 is 0 Å². The van der Waals surface area contributed by atoms with Crippen LogP contribution in [0.25, 0.3) is 27.6 Å². The van der Waals surface area contributed by atoms with E-state index in [1.54, 1.807) is 0 Å². The van der Waals surface area contributed by atoms with Gasteiger partial charge in [-0.1, -0.05) is 127 Å². The van der Waals surface area contributed by atoms with E-state index in [4.69, 9.17) is 15.8 Å². The van der Waals surface area contributed by atoms with E-state index in [-0.39, 0.29) is 6.17 Å². The van der Waals surface area contributed by atoms with Crippen LogP contribution in [0.15, 0.2) is 137 Å². The summed E-state index contributed by atoms with van der Waals surface area (Å²) in [5.41, 5.74) is 10.1. The van der Waals surface area contributed by atoms with Crippen molar-refractivity contribution in [1.29, 1.82) is 0 Å². The summed E-state index contributed by atoms with van der Waals surface area (Å²) in [5, 5.41) is 5.84. The number of nitrogens with zero attached hydrogens (tertiary/aromatic N) is 2. The summed E-state index contributed by atoms with van der Waals surface area (Å²) in [4.78, 5) is 10.1. The fraction of sp³-hybridized carbons (Fsp3) is 0.0588. The number of nitrogens with one attached hydrogen (secondary N) is 2. The molecule has 1 atom stereocenters. The van der Waals surface area contributed by atoms with Crippen LogP contribution >= 0.6 is 0 Å². The second-order valence-corrected chi connectivity index (χ2v) is 9.36. The SMILES string of the molecule is C/C=C(\NN)c1ccc(-c2ccc(C3=NC(c4ccccc4)N=C(c4ccccc4)N3)c3ccccc23)cc1. The van der Waals surface area contributed by atoms with Crippen LogP contribution in [0.1, 0.15) is 35.3 Å². The van der Waals surface area contributed by atoms with Gasteiger partial charge >= 0.3 is 0 Å². The molecular weight excluding hydrogens is 478 g/mol. The molecule has 5 aromatic rings. The van der Waals surface area contributed by atoms with Crippen LogP contribution in [0.5, 0.6) is 0 Å². The molecule has 1 aliphatic heterocycles. The van der Waals surface area contributed by atoms with E-state index in [1.165, 1.54) is 0 Å². The predicted octanol–water partition coefficient (Wildman–Crippen LogP) is 6.83. The van der Waals surface area contributed by atoms with Crippen LogP contribution in [0.3, 0.4) is 0 Å². The molecule has 0 saturated heterocycles. The van der Waals surface area contributed by atoms with E-state index in [0.717, 1.165) is 61.5 Å². The highest BCUT2D eigenvalue weighted by molar-refractivity contribution is 6.21. The molecule has 1 heterocycles. The molecule has 1 aliphatic rings. The van der Waals surface area contributed by atoms with Gasteiger partial charge in [-0.05, 0) is 39.9 Å². The van der Waals surface area contributed by atoms with Crippen molar-refractivity contribution in [3.05, 3.63) is 150 Å². The van der Waals surface area contributed by atoms with Gasteiger partial charge in [0.2, 0.25) is 0 Å². The predicted molar refractivity (Wildman–Crippen MR) is 162 cm³/mol. The highest BCUT2D eigenvalue weighted by atomic mass is 15.2. The second kappa shape index (κ2) is 10.8. The van der Waals surface area contributed by atoms with Crippen molar-refractivity contribution in [2.24, 2.45) is 15.8 Å². The number of allylic oxidation sites excluding steroid dienone is 1. The molecule has 0 bridgehead atoms. The Morgan fingerprint density at radius 3 is 1.92 bits per heavy atom. The third-order valence-electron chi connectivity index (χ3n) is 7.01. The first kappa shape index (κ1) is 24.3. The molecule has 0 aromatic heterocycles. The molecule has 0 amide bonds. The van der Waals surface area contributed by atoms with Gasteiger partial charge in [0.1, 0.15) is 11.7 Å². The van der Waals surface area contributed by atoms with Crippen LogP contribution in [-0.2, 0) is 0 Å². The van der Waals surface area contributed by atoms with Crippen molar-refractivity contribution in [2.45, 2.75) is 13.1 Å². The average molecular weight is 508 g/mol. The van der Waals surface area contributed by atoms with Gasteiger partial charge in [-0.25, -0.2) is 9.98 Å². The molecule has 190 valence electrons. The molecule has 6 rings (SSSR count). The number of aliphatic imine (C=N–C) groups is 2. The molecule has 39 heavy (non-hydrogen) atoms. The maximum absolute atomic E-state index is 5.68. The van der Waals surface area contributed by atoms with Crippen molar-refractivity contribution in [3.8, 4) is 11.1 Å². The molecule has 5 aromatic carbocycles. The highest BCUT2D eigenvalue weighted by Crippen LogP contribution is 2.33. The molecule has 1 unspecified atom stereocenters. The number of fused-ring (bicyclic) bond motifs is 1. The largest absolute Gasteiger partial charge is 0.324 e. The van der Waals surface area contributed by atoms with Gasteiger partial charge in [-0.15, -0.1) is 0 Å². The first-order valence-corrected chi connectivity index (χ1v) is 13.0. The number of hydrogen-bond acceptors (Lipinski definition) is 5. The molecule has 0 fully saturated rings. The fourth-order valence-electron chi connectivity index (χ4n) is 5.02. The smallest absolute Gasteiger partial charge is 0.169 e. The van der Waals surface area contributed by atoms with Crippen LogP contribution in [0.2, 0.25) is 0 Å². The Morgan fingerprint density at radius 2 is 1.26 bits per heavy atom. The quantitative estimate of drug-likeness (QED) is 0.174. The normalized spacial score (nSPS) is 15.3. The zero-order chi connectivity index (χ0) is 26.6. The summed E-state index contributed by atoms with van der Waals surface area (Å²) >= 11 is 0. The maximum Gasteiger partial charge on any atom is 0.169 e. The highest BCUT2D eigenvalue weighted by Gasteiger charge is 2.22. The zero-order valence-corrected chi connectivity index (χ0v) is 21.7. The van der Waals surface area contributed by atoms with Gasteiger partial charge in [-0.3, -0.25) is 5.84 Å². The minimum Gasteiger partial charge on any atom is -0.324 e. The molecule has 0 aliphatic carbocycles. The molecule has 5 nitrogen and oxygen atoms in total. The Morgan fingerprint density at radius 1 is 0.667 bits per heavy atom. The summed E-state index contributed by atoms with van der Waals surface area (Å²) in [6.45, 7) is 1.97. The van der Waals surface area contributed by atoms with E-state index in [9.17, 15) is 0 Å². The van der Waals surface area contributed by atoms with Gasteiger partial charge in [0, 0.05) is 11.1 Å². The monoisotopic (exact) mass is 507 g/mol. The lowest BCUT2D eigenvalue weighted by atomic mass is 9.93. The summed E-state index contributed by atoms with van der Waals surface area (Å²) < 4.78 is 0. The Kier molecular flexibility index (Phi) is 6.73. The summed E-state index contributed by atoms with van der Waals surface area (Å²) in [6, 6.07) is 41.7. The lowest BCUT2D eigenvalue weighted by molar-refractivity contribution is 0.756. The van der Waals surface area contributed by atoms with E-state index in [2.05, 4.69) is 95.7 Å². The first-order chi connectivity index (χ1) is 19.2. The topological polar surface area (TPSA) is 74.8 Å². The fourth-order valence-corrected chi connectivity index (χ4v) is 5.02. The first-order valence-electron chi connectivity index (χ1n) is 13.0. The van der Waals surface area contributed by atoms with Gasteiger partial charge in [0.25, 0.3) is 0 Å². The standard InChI is InChI=1S/C34H29N5/c1-2-31(39-35)24-19-17-23(18-20-24)27-21-22-30(29-16-10-9-15-28(27)29)34-37-32(25-11-5-3-6-12-25)36-33(38-34)26-13-7-4-8-14-26/h2-22,32,39H,35H2,1H3,(H,36,37,38)/b31-2-. The van der Waals surface area contributed by atoms with E-state index < -0.39 is 0 Å². The second-order valence-electron chi connectivity index (χ2n) is 9.36. The number of amidine groups is 2. The van der Waals surface area contributed by atoms with Gasteiger partial charge < -0.3 is 10.7 Å². The van der Waals surface area contributed by atoms with Crippen molar-refractivity contribution >= 4 is 28.1 Å². The van der Waals surface area contributed by atoms with Crippen molar-refractivity contribution in [1.82, 2.24) is 10.7 Å². The lowest BCUT2D eigenvalue weighted by Crippen LogP contribution is -2.36. The Bertz CT molecular complexity index is 1700. The minimum absolute atomic E-state index is 0.333. The molecule has 5 heteroatoms. The van der Waals surface area contributed by atoms with E-state index in [1.807, 2.05) is 49.4 Å². The van der Waals surface area contributed by atoms with Crippen molar-refractivity contribution in [2.75, 3.05) is 0 Å². The number of nitrogens with two attached hydrogens (primary N) is 1. The van der Waals surface area contributed by atoms with E-state index in [0.29, 0.717) is 0 Å². The molecule has 0 spiro atoms.